The third-order valence-corrected chi connectivity index (χ3v) is 3.56. The number of benzene rings is 2. The molecule has 1 atom stereocenters. The lowest BCUT2D eigenvalue weighted by molar-refractivity contribution is 0.0695. The number of aromatic carboxylic acids is 1. The highest BCUT2D eigenvalue weighted by atomic mass is 35.5. The standard InChI is InChI=1S/C16H16ClNO2/c1-11(13-7-4-5-9-15(13)17)18-10-12-6-2-3-8-14(12)16(19)20/h2-9,11,18H,10H2,1H3,(H,19,20). The van der Waals surface area contributed by atoms with Gasteiger partial charge in [0, 0.05) is 17.6 Å². The first-order chi connectivity index (χ1) is 9.59. The molecule has 0 fully saturated rings. The van der Waals surface area contributed by atoms with Crippen LogP contribution >= 0.6 is 11.6 Å². The van der Waals surface area contributed by atoms with E-state index in [0.29, 0.717) is 17.1 Å². The lowest BCUT2D eigenvalue weighted by Crippen LogP contribution is -2.20. The molecular weight excluding hydrogens is 274 g/mol. The van der Waals surface area contributed by atoms with Crippen molar-refractivity contribution in [3.05, 3.63) is 70.2 Å². The summed E-state index contributed by atoms with van der Waals surface area (Å²) >= 11 is 6.15. The summed E-state index contributed by atoms with van der Waals surface area (Å²) in [6.07, 6.45) is 0. The number of carboxylic acid groups (broad SMARTS) is 1. The average Bonchev–Trinajstić information content (AvgIpc) is 2.45. The van der Waals surface area contributed by atoms with Crippen molar-refractivity contribution in [3.63, 3.8) is 0 Å². The van der Waals surface area contributed by atoms with E-state index in [1.54, 1.807) is 12.1 Å². The first-order valence-corrected chi connectivity index (χ1v) is 6.76. The Hall–Kier alpha value is -1.84. The Labute approximate surface area is 123 Å². The van der Waals surface area contributed by atoms with Crippen LogP contribution in [-0.4, -0.2) is 11.1 Å². The molecule has 0 heterocycles. The molecule has 0 radical (unpaired) electrons. The van der Waals surface area contributed by atoms with E-state index in [2.05, 4.69) is 5.32 Å². The number of rotatable bonds is 5. The molecule has 0 spiro atoms. The van der Waals surface area contributed by atoms with Crippen LogP contribution in [0, 0.1) is 0 Å². The lowest BCUT2D eigenvalue weighted by atomic mass is 10.1. The average molecular weight is 290 g/mol. The van der Waals surface area contributed by atoms with Gasteiger partial charge < -0.3 is 10.4 Å². The summed E-state index contributed by atoms with van der Waals surface area (Å²) in [4.78, 5) is 11.1. The Morgan fingerprint density at radius 3 is 2.55 bits per heavy atom. The van der Waals surface area contributed by atoms with E-state index < -0.39 is 5.97 Å². The first kappa shape index (κ1) is 14.6. The molecule has 2 aromatic rings. The summed E-state index contributed by atoms with van der Waals surface area (Å²) in [5.41, 5.74) is 2.09. The van der Waals surface area contributed by atoms with Gasteiger partial charge in [0.05, 0.1) is 5.56 Å². The van der Waals surface area contributed by atoms with Crippen LogP contribution in [0.4, 0.5) is 0 Å². The predicted molar refractivity (Wildman–Crippen MR) is 80.1 cm³/mol. The molecule has 1 unspecified atom stereocenters. The van der Waals surface area contributed by atoms with Crippen LogP contribution in [0.15, 0.2) is 48.5 Å². The largest absolute Gasteiger partial charge is 0.478 e. The highest BCUT2D eigenvalue weighted by molar-refractivity contribution is 6.31. The van der Waals surface area contributed by atoms with Crippen molar-refractivity contribution in [1.29, 1.82) is 0 Å². The first-order valence-electron chi connectivity index (χ1n) is 6.38. The molecule has 2 aromatic carbocycles. The minimum Gasteiger partial charge on any atom is -0.478 e. The molecule has 104 valence electrons. The molecule has 0 saturated carbocycles. The summed E-state index contributed by atoms with van der Waals surface area (Å²) < 4.78 is 0. The van der Waals surface area contributed by atoms with Gasteiger partial charge in [0.25, 0.3) is 0 Å². The summed E-state index contributed by atoms with van der Waals surface area (Å²) in [5.74, 6) is -0.909. The van der Waals surface area contributed by atoms with E-state index in [4.69, 9.17) is 16.7 Å². The Morgan fingerprint density at radius 1 is 1.20 bits per heavy atom. The summed E-state index contributed by atoms with van der Waals surface area (Å²) in [6.45, 7) is 2.49. The topological polar surface area (TPSA) is 49.3 Å². The molecule has 0 amide bonds. The summed E-state index contributed by atoms with van der Waals surface area (Å²) in [6, 6.07) is 14.7. The lowest BCUT2D eigenvalue weighted by Gasteiger charge is -2.16. The van der Waals surface area contributed by atoms with Crippen molar-refractivity contribution in [3.8, 4) is 0 Å². The van der Waals surface area contributed by atoms with Crippen LogP contribution in [-0.2, 0) is 6.54 Å². The third-order valence-electron chi connectivity index (χ3n) is 3.22. The van der Waals surface area contributed by atoms with Crippen LogP contribution in [0.2, 0.25) is 5.02 Å². The molecule has 4 heteroatoms. The molecule has 20 heavy (non-hydrogen) atoms. The molecule has 3 nitrogen and oxygen atoms in total. The van der Waals surface area contributed by atoms with Crippen LogP contribution < -0.4 is 5.32 Å². The highest BCUT2D eigenvalue weighted by Crippen LogP contribution is 2.22. The monoisotopic (exact) mass is 289 g/mol. The third kappa shape index (κ3) is 3.38. The smallest absolute Gasteiger partial charge is 0.336 e. The maximum Gasteiger partial charge on any atom is 0.336 e. The Balaban J connectivity index is 2.10. The Morgan fingerprint density at radius 2 is 1.85 bits per heavy atom. The van der Waals surface area contributed by atoms with Gasteiger partial charge in [-0.25, -0.2) is 4.79 Å². The molecule has 2 rings (SSSR count). The number of halogens is 1. The van der Waals surface area contributed by atoms with E-state index >= 15 is 0 Å². The SMILES string of the molecule is CC(NCc1ccccc1C(=O)O)c1ccccc1Cl. The normalized spacial score (nSPS) is 12.1. The van der Waals surface area contributed by atoms with E-state index in [-0.39, 0.29) is 6.04 Å². The molecule has 2 N–H and O–H groups in total. The second-order valence-electron chi connectivity index (χ2n) is 4.59. The molecular formula is C16H16ClNO2. The molecule has 0 aliphatic carbocycles. The number of carbonyl (C=O) groups is 1. The van der Waals surface area contributed by atoms with Gasteiger partial charge in [-0.2, -0.15) is 0 Å². The fraction of sp³-hybridized carbons (Fsp3) is 0.188. The van der Waals surface area contributed by atoms with Gasteiger partial charge in [-0.3, -0.25) is 0 Å². The number of nitrogens with one attached hydrogen (secondary N) is 1. The maximum absolute atomic E-state index is 11.1. The zero-order valence-corrected chi connectivity index (χ0v) is 11.9. The molecule has 0 saturated heterocycles. The van der Waals surface area contributed by atoms with Crippen LogP contribution in [0.1, 0.15) is 34.5 Å². The fourth-order valence-electron chi connectivity index (χ4n) is 2.08. The van der Waals surface area contributed by atoms with Gasteiger partial charge in [0.1, 0.15) is 0 Å². The van der Waals surface area contributed by atoms with Crippen molar-refractivity contribution >= 4 is 17.6 Å². The fourth-order valence-corrected chi connectivity index (χ4v) is 2.38. The van der Waals surface area contributed by atoms with Crippen LogP contribution in [0.5, 0.6) is 0 Å². The van der Waals surface area contributed by atoms with Crippen LogP contribution in [0.3, 0.4) is 0 Å². The second-order valence-corrected chi connectivity index (χ2v) is 4.99. The zero-order valence-electron chi connectivity index (χ0n) is 11.1. The number of carboxylic acids is 1. The predicted octanol–water partition coefficient (Wildman–Crippen LogP) is 3.89. The van der Waals surface area contributed by atoms with Crippen molar-refractivity contribution < 1.29 is 9.90 Å². The Kier molecular flexibility index (Phi) is 4.77. The molecule has 0 aliphatic rings. The minimum atomic E-state index is -0.909. The van der Waals surface area contributed by atoms with Crippen molar-refractivity contribution in [2.45, 2.75) is 19.5 Å². The maximum atomic E-state index is 11.1. The van der Waals surface area contributed by atoms with E-state index in [9.17, 15) is 4.79 Å². The van der Waals surface area contributed by atoms with E-state index in [1.165, 1.54) is 0 Å². The van der Waals surface area contributed by atoms with E-state index in [1.807, 2.05) is 43.3 Å². The minimum absolute atomic E-state index is 0.0468. The van der Waals surface area contributed by atoms with Gasteiger partial charge in [0.15, 0.2) is 0 Å². The quantitative estimate of drug-likeness (QED) is 0.878. The molecule has 0 aliphatic heterocycles. The van der Waals surface area contributed by atoms with Gasteiger partial charge in [-0.15, -0.1) is 0 Å². The number of hydrogen-bond acceptors (Lipinski definition) is 2. The van der Waals surface area contributed by atoms with Crippen molar-refractivity contribution in [1.82, 2.24) is 5.32 Å². The van der Waals surface area contributed by atoms with Gasteiger partial charge in [-0.05, 0) is 30.2 Å². The van der Waals surface area contributed by atoms with Crippen molar-refractivity contribution in [2.24, 2.45) is 0 Å². The molecule has 0 aromatic heterocycles. The van der Waals surface area contributed by atoms with Gasteiger partial charge in [0.2, 0.25) is 0 Å². The number of hydrogen-bond donors (Lipinski definition) is 2. The van der Waals surface area contributed by atoms with Crippen LogP contribution in [0.25, 0.3) is 0 Å². The summed E-state index contributed by atoms with van der Waals surface area (Å²) in [7, 11) is 0. The van der Waals surface area contributed by atoms with Gasteiger partial charge >= 0.3 is 5.97 Å². The summed E-state index contributed by atoms with van der Waals surface area (Å²) in [5, 5.41) is 13.2. The highest BCUT2D eigenvalue weighted by Gasteiger charge is 2.12. The van der Waals surface area contributed by atoms with Gasteiger partial charge in [-0.1, -0.05) is 48.0 Å². The van der Waals surface area contributed by atoms with Crippen molar-refractivity contribution in [2.75, 3.05) is 0 Å². The zero-order chi connectivity index (χ0) is 14.5. The second kappa shape index (κ2) is 6.55. The Bertz CT molecular complexity index is 613. The van der Waals surface area contributed by atoms with E-state index in [0.717, 1.165) is 11.1 Å². The molecule has 0 bridgehead atoms.